The standard InChI is InChI=1S/C24H18ClNO4/c1-14-6-2-3-7-17(14)21-20(22(28)15-10-12-16(25)13-11-15)23(29)24(30)26(21)18-8-4-5-9-19(18)27/h2-13,21,27-28H,1H3/b22-20+. The summed E-state index contributed by atoms with van der Waals surface area (Å²) in [6.45, 7) is 1.86. The SMILES string of the molecule is Cc1ccccc1C1/C(=C(\O)c2ccc(Cl)cc2)C(=O)C(=O)N1c1ccccc1O. The first-order chi connectivity index (χ1) is 14.4. The predicted octanol–water partition coefficient (Wildman–Crippen LogP) is 4.98. The number of anilines is 1. The molecule has 0 spiro atoms. The Balaban J connectivity index is 1.99. The zero-order chi connectivity index (χ0) is 21.4. The predicted molar refractivity (Wildman–Crippen MR) is 116 cm³/mol. The van der Waals surface area contributed by atoms with Crippen LogP contribution in [0.3, 0.4) is 0 Å². The molecule has 1 aliphatic heterocycles. The number of ketones is 1. The number of halogens is 1. The highest BCUT2D eigenvalue weighted by molar-refractivity contribution is 6.52. The van der Waals surface area contributed by atoms with Crippen LogP contribution in [-0.2, 0) is 9.59 Å². The molecule has 1 fully saturated rings. The van der Waals surface area contributed by atoms with Crippen LogP contribution in [0.2, 0.25) is 5.02 Å². The van der Waals surface area contributed by atoms with Crippen molar-refractivity contribution in [2.75, 3.05) is 4.90 Å². The smallest absolute Gasteiger partial charge is 0.300 e. The van der Waals surface area contributed by atoms with E-state index in [9.17, 15) is 19.8 Å². The third kappa shape index (κ3) is 3.23. The van der Waals surface area contributed by atoms with Gasteiger partial charge in [-0.3, -0.25) is 14.5 Å². The lowest BCUT2D eigenvalue weighted by Gasteiger charge is -2.27. The summed E-state index contributed by atoms with van der Waals surface area (Å²) >= 11 is 5.94. The summed E-state index contributed by atoms with van der Waals surface area (Å²) in [6.07, 6.45) is 0. The fourth-order valence-corrected chi connectivity index (χ4v) is 3.83. The van der Waals surface area contributed by atoms with Gasteiger partial charge in [0.1, 0.15) is 11.5 Å². The second-order valence-corrected chi connectivity index (χ2v) is 7.46. The number of aryl methyl sites for hydroxylation is 1. The van der Waals surface area contributed by atoms with E-state index in [-0.39, 0.29) is 22.8 Å². The summed E-state index contributed by atoms with van der Waals surface area (Å²) in [7, 11) is 0. The monoisotopic (exact) mass is 419 g/mol. The molecule has 3 aromatic carbocycles. The van der Waals surface area contributed by atoms with Gasteiger partial charge in [0.05, 0.1) is 17.3 Å². The number of aliphatic hydroxyl groups is 1. The average Bonchev–Trinajstić information content (AvgIpc) is 2.99. The van der Waals surface area contributed by atoms with Gasteiger partial charge in [0.2, 0.25) is 0 Å². The van der Waals surface area contributed by atoms with Crippen molar-refractivity contribution in [2.24, 2.45) is 0 Å². The molecule has 0 aromatic heterocycles. The number of hydrogen-bond acceptors (Lipinski definition) is 4. The molecule has 0 saturated carbocycles. The molecule has 1 unspecified atom stereocenters. The van der Waals surface area contributed by atoms with Crippen molar-refractivity contribution in [2.45, 2.75) is 13.0 Å². The van der Waals surface area contributed by atoms with Gasteiger partial charge in [-0.05, 0) is 54.4 Å². The molecule has 0 radical (unpaired) electrons. The summed E-state index contributed by atoms with van der Waals surface area (Å²) in [6, 6.07) is 19.1. The number of para-hydroxylation sites is 2. The number of Topliss-reactive ketones (excluding diaryl/α,β-unsaturated/α-hetero) is 1. The van der Waals surface area contributed by atoms with Gasteiger partial charge >= 0.3 is 0 Å². The highest BCUT2D eigenvalue weighted by Gasteiger charge is 2.48. The number of rotatable bonds is 3. The number of carbonyl (C=O) groups is 2. The molecule has 30 heavy (non-hydrogen) atoms. The number of carbonyl (C=O) groups excluding carboxylic acids is 2. The number of nitrogens with zero attached hydrogens (tertiary/aromatic N) is 1. The third-order valence-electron chi connectivity index (χ3n) is 5.19. The summed E-state index contributed by atoms with van der Waals surface area (Å²) in [5, 5.41) is 21.9. The Bertz CT molecular complexity index is 1180. The van der Waals surface area contributed by atoms with Crippen molar-refractivity contribution < 1.29 is 19.8 Å². The van der Waals surface area contributed by atoms with E-state index in [1.807, 2.05) is 19.1 Å². The van der Waals surface area contributed by atoms with Crippen LogP contribution < -0.4 is 4.90 Å². The number of aromatic hydroxyl groups is 1. The Labute approximate surface area is 178 Å². The van der Waals surface area contributed by atoms with Crippen molar-refractivity contribution in [1.29, 1.82) is 0 Å². The minimum absolute atomic E-state index is 0.0418. The lowest BCUT2D eigenvalue weighted by atomic mass is 9.92. The van der Waals surface area contributed by atoms with Gasteiger partial charge in [0, 0.05) is 10.6 Å². The van der Waals surface area contributed by atoms with Crippen LogP contribution in [0.1, 0.15) is 22.7 Å². The fourth-order valence-electron chi connectivity index (χ4n) is 3.70. The van der Waals surface area contributed by atoms with Gasteiger partial charge in [-0.1, -0.05) is 48.0 Å². The third-order valence-corrected chi connectivity index (χ3v) is 5.44. The zero-order valence-electron chi connectivity index (χ0n) is 16.0. The molecule has 1 saturated heterocycles. The Kier molecular flexibility index (Phi) is 5.06. The lowest BCUT2D eigenvalue weighted by Crippen LogP contribution is -2.29. The second kappa shape index (κ2) is 7.69. The maximum Gasteiger partial charge on any atom is 0.300 e. The van der Waals surface area contributed by atoms with E-state index in [1.165, 1.54) is 11.0 Å². The molecule has 1 atom stereocenters. The topological polar surface area (TPSA) is 77.8 Å². The molecule has 150 valence electrons. The quantitative estimate of drug-likeness (QED) is 0.356. The summed E-state index contributed by atoms with van der Waals surface area (Å²) in [5.41, 5.74) is 2.04. The van der Waals surface area contributed by atoms with Gasteiger partial charge < -0.3 is 10.2 Å². The van der Waals surface area contributed by atoms with Gasteiger partial charge in [-0.25, -0.2) is 0 Å². The van der Waals surface area contributed by atoms with Crippen molar-refractivity contribution in [1.82, 2.24) is 0 Å². The van der Waals surface area contributed by atoms with Crippen molar-refractivity contribution >= 4 is 34.7 Å². The van der Waals surface area contributed by atoms with E-state index in [0.717, 1.165) is 5.56 Å². The molecule has 4 rings (SSSR count). The molecule has 1 aliphatic rings. The molecule has 1 amide bonds. The highest BCUT2D eigenvalue weighted by Crippen LogP contribution is 2.45. The van der Waals surface area contributed by atoms with E-state index < -0.39 is 17.7 Å². The number of hydrogen-bond donors (Lipinski definition) is 2. The number of aliphatic hydroxyl groups excluding tert-OH is 1. The highest BCUT2D eigenvalue weighted by atomic mass is 35.5. The molecule has 0 aliphatic carbocycles. The largest absolute Gasteiger partial charge is 0.507 e. The molecule has 0 bridgehead atoms. The van der Waals surface area contributed by atoms with Gasteiger partial charge in [0.15, 0.2) is 0 Å². The van der Waals surface area contributed by atoms with E-state index >= 15 is 0 Å². The first kappa shape index (κ1) is 19.7. The maximum atomic E-state index is 13.1. The summed E-state index contributed by atoms with van der Waals surface area (Å²) in [4.78, 5) is 27.4. The molecule has 2 N–H and O–H groups in total. The van der Waals surface area contributed by atoms with Gasteiger partial charge in [0.25, 0.3) is 11.7 Å². The minimum atomic E-state index is -0.893. The van der Waals surface area contributed by atoms with E-state index in [1.54, 1.807) is 54.6 Å². The van der Waals surface area contributed by atoms with Crippen LogP contribution in [-0.4, -0.2) is 21.9 Å². The molecular formula is C24H18ClNO4. The lowest BCUT2D eigenvalue weighted by molar-refractivity contribution is -0.132. The van der Waals surface area contributed by atoms with E-state index in [0.29, 0.717) is 16.1 Å². The van der Waals surface area contributed by atoms with Crippen LogP contribution in [0.5, 0.6) is 5.75 Å². The van der Waals surface area contributed by atoms with Gasteiger partial charge in [-0.2, -0.15) is 0 Å². The number of amides is 1. The fraction of sp³-hybridized carbons (Fsp3) is 0.0833. The summed E-state index contributed by atoms with van der Waals surface area (Å²) in [5.74, 6) is -2.07. The normalized spacial score (nSPS) is 18.1. The van der Waals surface area contributed by atoms with Crippen molar-refractivity contribution in [3.05, 3.63) is 100 Å². The van der Waals surface area contributed by atoms with Crippen LogP contribution in [0.25, 0.3) is 5.76 Å². The van der Waals surface area contributed by atoms with Crippen LogP contribution in [0.4, 0.5) is 5.69 Å². The Hall–Kier alpha value is -3.57. The van der Waals surface area contributed by atoms with Gasteiger partial charge in [-0.15, -0.1) is 0 Å². The van der Waals surface area contributed by atoms with E-state index in [2.05, 4.69) is 0 Å². The van der Waals surface area contributed by atoms with Crippen molar-refractivity contribution in [3.63, 3.8) is 0 Å². The molecular weight excluding hydrogens is 402 g/mol. The van der Waals surface area contributed by atoms with Crippen molar-refractivity contribution in [3.8, 4) is 5.75 Å². The van der Waals surface area contributed by atoms with E-state index in [4.69, 9.17) is 11.6 Å². The molecule has 3 aromatic rings. The van der Waals surface area contributed by atoms with Crippen LogP contribution in [0, 0.1) is 6.92 Å². The number of phenols is 1. The Morgan fingerprint density at radius 2 is 1.57 bits per heavy atom. The summed E-state index contributed by atoms with van der Waals surface area (Å²) < 4.78 is 0. The zero-order valence-corrected chi connectivity index (χ0v) is 16.8. The number of phenolic OH excluding ortho intramolecular Hbond substituents is 1. The first-order valence-corrected chi connectivity index (χ1v) is 9.68. The number of benzene rings is 3. The first-order valence-electron chi connectivity index (χ1n) is 9.30. The Morgan fingerprint density at radius 1 is 0.933 bits per heavy atom. The minimum Gasteiger partial charge on any atom is -0.507 e. The maximum absolute atomic E-state index is 13.1. The molecule has 6 heteroatoms. The second-order valence-electron chi connectivity index (χ2n) is 7.02. The molecule has 5 nitrogen and oxygen atoms in total. The van der Waals surface area contributed by atoms with Crippen LogP contribution >= 0.6 is 11.6 Å². The molecule has 1 heterocycles. The Morgan fingerprint density at radius 3 is 2.23 bits per heavy atom. The van der Waals surface area contributed by atoms with Crippen LogP contribution in [0.15, 0.2) is 78.4 Å². The average molecular weight is 420 g/mol.